The fourth-order valence-electron chi connectivity index (χ4n) is 5.32. The lowest BCUT2D eigenvalue weighted by atomic mass is 10.00. The molecule has 160 valence electrons. The number of nitrogens with zero attached hydrogens (tertiary/aromatic N) is 4. The quantitative estimate of drug-likeness (QED) is 0.725. The van der Waals surface area contributed by atoms with Crippen LogP contribution >= 0.6 is 11.6 Å². The van der Waals surface area contributed by atoms with E-state index in [1.54, 1.807) is 0 Å². The topological polar surface area (TPSA) is 63.2 Å². The van der Waals surface area contributed by atoms with E-state index in [1.807, 2.05) is 12.1 Å². The largest absolute Gasteiger partial charge is 0.381 e. The predicted molar refractivity (Wildman–Crippen MR) is 114 cm³/mol. The molecule has 0 aromatic carbocycles. The summed E-state index contributed by atoms with van der Waals surface area (Å²) in [4.78, 5) is 6.51. The van der Waals surface area contributed by atoms with E-state index in [9.17, 15) is 4.39 Å². The SMILES string of the molecule is Fc1cnc(Cl)c(-c2ccc(NC3CC4CN(CC5CCOCC5)CC4C3)nn2)c1. The van der Waals surface area contributed by atoms with Crippen molar-refractivity contribution in [2.24, 2.45) is 17.8 Å². The molecule has 0 bridgehead atoms. The zero-order valence-electron chi connectivity index (χ0n) is 16.9. The number of hydrogen-bond donors (Lipinski definition) is 1. The number of halogens is 2. The van der Waals surface area contributed by atoms with E-state index in [1.165, 1.54) is 51.4 Å². The van der Waals surface area contributed by atoms with Crippen LogP contribution in [0.1, 0.15) is 25.7 Å². The molecule has 2 aromatic heterocycles. The molecule has 4 heterocycles. The number of fused-ring (bicyclic) bond motifs is 1. The molecule has 2 aromatic rings. The van der Waals surface area contributed by atoms with E-state index in [4.69, 9.17) is 16.3 Å². The molecule has 1 saturated carbocycles. The normalized spacial score (nSPS) is 27.3. The summed E-state index contributed by atoms with van der Waals surface area (Å²) in [5, 5.41) is 12.3. The van der Waals surface area contributed by atoms with Crippen LogP contribution < -0.4 is 5.32 Å². The lowest BCUT2D eigenvalue weighted by molar-refractivity contribution is 0.0545. The van der Waals surface area contributed by atoms with Crippen LogP contribution in [-0.4, -0.2) is 59.0 Å². The van der Waals surface area contributed by atoms with Crippen LogP contribution in [0.5, 0.6) is 0 Å². The van der Waals surface area contributed by atoms with Crippen LogP contribution in [-0.2, 0) is 4.74 Å². The number of pyridine rings is 1. The van der Waals surface area contributed by atoms with Crippen LogP contribution in [0.2, 0.25) is 5.15 Å². The van der Waals surface area contributed by atoms with Crippen molar-refractivity contribution in [1.29, 1.82) is 0 Å². The highest BCUT2D eigenvalue weighted by atomic mass is 35.5. The van der Waals surface area contributed by atoms with Crippen molar-refractivity contribution >= 4 is 17.4 Å². The van der Waals surface area contributed by atoms with Crippen molar-refractivity contribution in [3.05, 3.63) is 35.4 Å². The number of ether oxygens (including phenoxy) is 1. The van der Waals surface area contributed by atoms with Gasteiger partial charge in [-0.3, -0.25) is 0 Å². The Balaban J connectivity index is 1.14. The third-order valence-electron chi connectivity index (χ3n) is 6.78. The summed E-state index contributed by atoms with van der Waals surface area (Å²) < 4.78 is 19.0. The van der Waals surface area contributed by atoms with E-state index in [2.05, 4.69) is 25.4 Å². The smallest absolute Gasteiger partial charge is 0.148 e. The second kappa shape index (κ2) is 8.73. The minimum Gasteiger partial charge on any atom is -0.381 e. The van der Waals surface area contributed by atoms with Crippen molar-refractivity contribution in [2.45, 2.75) is 31.7 Å². The summed E-state index contributed by atoms with van der Waals surface area (Å²) in [5.41, 5.74) is 0.973. The number of anilines is 1. The molecular weight excluding hydrogens is 405 g/mol. The Morgan fingerprint density at radius 2 is 1.90 bits per heavy atom. The van der Waals surface area contributed by atoms with Gasteiger partial charge in [-0.15, -0.1) is 10.2 Å². The zero-order chi connectivity index (χ0) is 20.5. The number of aromatic nitrogens is 3. The van der Waals surface area contributed by atoms with E-state index >= 15 is 0 Å². The summed E-state index contributed by atoms with van der Waals surface area (Å²) in [7, 11) is 0. The monoisotopic (exact) mass is 431 g/mol. The summed E-state index contributed by atoms with van der Waals surface area (Å²) in [6.45, 7) is 5.53. The lowest BCUT2D eigenvalue weighted by Gasteiger charge is -2.27. The number of rotatable bonds is 5. The Kier molecular flexibility index (Phi) is 5.85. The van der Waals surface area contributed by atoms with Gasteiger partial charge in [0.1, 0.15) is 16.8 Å². The molecule has 1 aliphatic carbocycles. The summed E-state index contributed by atoms with van der Waals surface area (Å²) in [5.74, 6) is 2.66. The molecule has 1 N–H and O–H groups in total. The van der Waals surface area contributed by atoms with Crippen LogP contribution in [0.15, 0.2) is 24.4 Å². The molecular formula is C22H27ClFN5O. The predicted octanol–water partition coefficient (Wildman–Crippen LogP) is 3.88. The zero-order valence-corrected chi connectivity index (χ0v) is 17.7. The molecule has 0 amide bonds. The van der Waals surface area contributed by atoms with Crippen LogP contribution in [0.25, 0.3) is 11.3 Å². The Morgan fingerprint density at radius 1 is 1.13 bits per heavy atom. The molecule has 2 saturated heterocycles. The lowest BCUT2D eigenvalue weighted by Crippen LogP contribution is -2.32. The van der Waals surface area contributed by atoms with Gasteiger partial charge in [0, 0.05) is 44.5 Å². The Morgan fingerprint density at radius 3 is 2.60 bits per heavy atom. The Hall–Kier alpha value is -1.83. The first-order valence-corrected chi connectivity index (χ1v) is 11.2. The molecule has 6 nitrogen and oxygen atoms in total. The average Bonchev–Trinajstić information content (AvgIpc) is 3.29. The maximum Gasteiger partial charge on any atom is 0.148 e. The van der Waals surface area contributed by atoms with E-state index in [0.717, 1.165) is 43.0 Å². The molecule has 2 atom stereocenters. The molecule has 30 heavy (non-hydrogen) atoms. The average molecular weight is 432 g/mol. The molecule has 2 unspecified atom stereocenters. The second-order valence-corrected chi connectivity index (χ2v) is 9.26. The van der Waals surface area contributed by atoms with Crippen molar-refractivity contribution in [3.8, 4) is 11.3 Å². The third kappa shape index (κ3) is 4.43. The highest BCUT2D eigenvalue weighted by Gasteiger charge is 2.41. The van der Waals surface area contributed by atoms with Crippen LogP contribution in [0.4, 0.5) is 10.2 Å². The highest BCUT2D eigenvalue weighted by Crippen LogP contribution is 2.39. The molecule has 0 spiro atoms. The third-order valence-corrected chi connectivity index (χ3v) is 7.08. The van der Waals surface area contributed by atoms with Gasteiger partial charge in [-0.1, -0.05) is 11.6 Å². The van der Waals surface area contributed by atoms with Crippen molar-refractivity contribution in [2.75, 3.05) is 38.2 Å². The first-order chi connectivity index (χ1) is 14.6. The van der Waals surface area contributed by atoms with Gasteiger partial charge in [0.2, 0.25) is 0 Å². The molecule has 8 heteroatoms. The molecule has 2 aliphatic heterocycles. The summed E-state index contributed by atoms with van der Waals surface area (Å²) >= 11 is 6.06. The van der Waals surface area contributed by atoms with Gasteiger partial charge in [0.15, 0.2) is 0 Å². The van der Waals surface area contributed by atoms with Gasteiger partial charge in [-0.2, -0.15) is 0 Å². The van der Waals surface area contributed by atoms with Crippen LogP contribution in [0.3, 0.4) is 0 Å². The van der Waals surface area contributed by atoms with E-state index in [-0.39, 0.29) is 5.15 Å². The summed E-state index contributed by atoms with van der Waals surface area (Å²) in [6, 6.07) is 5.46. The Bertz CT molecular complexity index is 862. The van der Waals surface area contributed by atoms with Gasteiger partial charge in [0.25, 0.3) is 0 Å². The fourth-order valence-corrected chi connectivity index (χ4v) is 5.52. The first-order valence-electron chi connectivity index (χ1n) is 10.9. The minimum atomic E-state index is -0.443. The van der Waals surface area contributed by atoms with Gasteiger partial charge in [0.05, 0.1) is 11.9 Å². The van der Waals surface area contributed by atoms with Gasteiger partial charge < -0.3 is 15.0 Å². The molecule has 3 fully saturated rings. The van der Waals surface area contributed by atoms with Crippen molar-refractivity contribution < 1.29 is 9.13 Å². The number of nitrogens with one attached hydrogen (secondary N) is 1. The van der Waals surface area contributed by atoms with Gasteiger partial charge in [-0.05, 0) is 61.6 Å². The maximum atomic E-state index is 13.5. The van der Waals surface area contributed by atoms with Crippen molar-refractivity contribution in [1.82, 2.24) is 20.1 Å². The fraction of sp³-hybridized carbons (Fsp3) is 0.591. The number of hydrogen-bond acceptors (Lipinski definition) is 6. The van der Waals surface area contributed by atoms with E-state index in [0.29, 0.717) is 17.3 Å². The van der Waals surface area contributed by atoms with Gasteiger partial charge >= 0.3 is 0 Å². The minimum absolute atomic E-state index is 0.223. The van der Waals surface area contributed by atoms with Crippen molar-refractivity contribution in [3.63, 3.8) is 0 Å². The number of likely N-dealkylation sites (tertiary alicyclic amines) is 1. The highest BCUT2D eigenvalue weighted by molar-refractivity contribution is 6.32. The standard InChI is InChI=1S/C22H27ClFN5O/c23-22-19(9-17(24)10-25-22)20-1-2-21(28-27-20)26-18-7-15-12-29(13-16(15)8-18)11-14-3-5-30-6-4-14/h1-2,9-10,14-16,18H,3-8,11-13H2,(H,26,28). The van der Waals surface area contributed by atoms with E-state index < -0.39 is 5.82 Å². The molecule has 3 aliphatic rings. The Labute approximate surface area is 181 Å². The summed E-state index contributed by atoms with van der Waals surface area (Å²) in [6.07, 6.45) is 5.87. The maximum absolute atomic E-state index is 13.5. The van der Waals surface area contributed by atoms with Gasteiger partial charge in [-0.25, -0.2) is 9.37 Å². The second-order valence-electron chi connectivity index (χ2n) is 8.90. The molecule has 5 rings (SSSR count). The first kappa shape index (κ1) is 20.1. The molecule has 0 radical (unpaired) electrons. The van der Waals surface area contributed by atoms with Crippen LogP contribution in [0, 0.1) is 23.6 Å².